The third-order valence-corrected chi connectivity index (χ3v) is 3.08. The van der Waals surface area contributed by atoms with Crippen LogP contribution in [-0.4, -0.2) is 26.4 Å². The Bertz CT molecular complexity index is 377. The Hall–Kier alpha value is -0.900. The summed E-state index contributed by atoms with van der Waals surface area (Å²) in [4.78, 5) is 0. The average Bonchev–Trinajstić information content (AvgIpc) is 2.36. The maximum absolute atomic E-state index is 6.11. The van der Waals surface area contributed by atoms with Gasteiger partial charge in [0.25, 0.3) is 0 Å². The molecule has 19 heavy (non-hydrogen) atoms. The minimum Gasteiger partial charge on any atom is -0.379 e. The molecule has 0 saturated heterocycles. The van der Waals surface area contributed by atoms with Crippen molar-refractivity contribution in [2.45, 2.75) is 33.7 Å². The van der Waals surface area contributed by atoms with E-state index in [9.17, 15) is 0 Å². The molecule has 0 radical (unpaired) electrons. The highest BCUT2D eigenvalue weighted by molar-refractivity contribution is 5.31. The molecule has 1 aromatic rings. The third kappa shape index (κ3) is 6.19. The fraction of sp³-hybridized carbons (Fsp3) is 0.625. The van der Waals surface area contributed by atoms with Crippen LogP contribution in [0.25, 0.3) is 0 Å². The molecule has 1 rings (SSSR count). The van der Waals surface area contributed by atoms with Crippen LogP contribution >= 0.6 is 0 Å². The van der Waals surface area contributed by atoms with Gasteiger partial charge < -0.3 is 15.2 Å². The van der Waals surface area contributed by atoms with E-state index in [-0.39, 0.29) is 6.04 Å². The molecule has 2 N–H and O–H groups in total. The van der Waals surface area contributed by atoms with E-state index >= 15 is 0 Å². The van der Waals surface area contributed by atoms with E-state index in [4.69, 9.17) is 15.2 Å². The van der Waals surface area contributed by atoms with Crippen LogP contribution in [0.15, 0.2) is 18.2 Å². The van der Waals surface area contributed by atoms with Crippen LogP contribution in [0.2, 0.25) is 0 Å². The molecule has 0 amide bonds. The second-order valence-corrected chi connectivity index (χ2v) is 5.49. The standard InChI is InChI=1S/C16H27NO2/c1-12(2)10-18-7-8-19-11-16(17)15-6-5-13(3)14(4)9-15/h5-6,9,12,16H,7-8,10-11,17H2,1-4H3. The second kappa shape index (κ2) is 8.31. The second-order valence-electron chi connectivity index (χ2n) is 5.49. The van der Waals surface area contributed by atoms with Crippen LogP contribution in [0.1, 0.15) is 36.6 Å². The molecule has 3 nitrogen and oxygen atoms in total. The predicted molar refractivity (Wildman–Crippen MR) is 79.3 cm³/mol. The lowest BCUT2D eigenvalue weighted by Gasteiger charge is -2.14. The average molecular weight is 265 g/mol. The lowest BCUT2D eigenvalue weighted by molar-refractivity contribution is 0.0333. The quantitative estimate of drug-likeness (QED) is 0.735. The van der Waals surface area contributed by atoms with Crippen LogP contribution in [0.5, 0.6) is 0 Å². The molecular weight excluding hydrogens is 238 g/mol. The summed E-state index contributed by atoms with van der Waals surface area (Å²) >= 11 is 0. The summed E-state index contributed by atoms with van der Waals surface area (Å²) in [5.41, 5.74) is 9.80. The van der Waals surface area contributed by atoms with E-state index in [0.717, 1.165) is 12.2 Å². The Kier molecular flexibility index (Phi) is 7.06. The SMILES string of the molecule is Cc1ccc(C(N)COCCOCC(C)C)cc1C. The molecular formula is C16H27NO2. The van der Waals surface area contributed by atoms with Gasteiger partial charge >= 0.3 is 0 Å². The number of aryl methyl sites for hydroxylation is 2. The van der Waals surface area contributed by atoms with Crippen molar-refractivity contribution in [3.8, 4) is 0 Å². The molecule has 0 aromatic heterocycles. The predicted octanol–water partition coefficient (Wildman–Crippen LogP) is 2.99. The Morgan fingerprint density at radius 1 is 1.00 bits per heavy atom. The zero-order chi connectivity index (χ0) is 14.3. The Labute approximate surface area is 117 Å². The largest absolute Gasteiger partial charge is 0.379 e. The molecule has 0 aliphatic carbocycles. The first-order valence-electron chi connectivity index (χ1n) is 6.99. The normalized spacial score (nSPS) is 12.9. The van der Waals surface area contributed by atoms with Crippen LogP contribution in [0.3, 0.4) is 0 Å². The molecule has 0 spiro atoms. The molecule has 1 aromatic carbocycles. The summed E-state index contributed by atoms with van der Waals surface area (Å²) in [5, 5.41) is 0. The van der Waals surface area contributed by atoms with Crippen LogP contribution in [0, 0.1) is 19.8 Å². The van der Waals surface area contributed by atoms with Gasteiger partial charge in [0.05, 0.1) is 25.9 Å². The first-order valence-corrected chi connectivity index (χ1v) is 6.99. The van der Waals surface area contributed by atoms with E-state index in [1.807, 2.05) is 0 Å². The van der Waals surface area contributed by atoms with Gasteiger partial charge in [0, 0.05) is 6.61 Å². The third-order valence-electron chi connectivity index (χ3n) is 3.08. The number of ether oxygens (including phenoxy) is 2. The topological polar surface area (TPSA) is 44.5 Å². The summed E-state index contributed by atoms with van der Waals surface area (Å²) in [6, 6.07) is 6.25. The van der Waals surface area contributed by atoms with Crippen LogP contribution < -0.4 is 5.73 Å². The highest BCUT2D eigenvalue weighted by atomic mass is 16.5. The van der Waals surface area contributed by atoms with E-state index < -0.39 is 0 Å². The number of hydrogen-bond donors (Lipinski definition) is 1. The van der Waals surface area contributed by atoms with Crippen molar-refractivity contribution in [1.29, 1.82) is 0 Å². The van der Waals surface area contributed by atoms with Gasteiger partial charge in [-0.3, -0.25) is 0 Å². The molecule has 0 aliphatic rings. The zero-order valence-electron chi connectivity index (χ0n) is 12.6. The van der Waals surface area contributed by atoms with Gasteiger partial charge in [-0.15, -0.1) is 0 Å². The molecule has 3 heteroatoms. The van der Waals surface area contributed by atoms with Crippen molar-refractivity contribution in [3.05, 3.63) is 34.9 Å². The van der Waals surface area contributed by atoms with E-state index in [0.29, 0.717) is 25.7 Å². The summed E-state index contributed by atoms with van der Waals surface area (Å²) < 4.78 is 11.0. The maximum atomic E-state index is 6.11. The van der Waals surface area contributed by atoms with Crippen LogP contribution in [-0.2, 0) is 9.47 Å². The molecule has 0 heterocycles. The summed E-state index contributed by atoms with van der Waals surface area (Å²) in [7, 11) is 0. The van der Waals surface area contributed by atoms with Crippen molar-refractivity contribution in [3.63, 3.8) is 0 Å². The lowest BCUT2D eigenvalue weighted by Crippen LogP contribution is -2.19. The van der Waals surface area contributed by atoms with Gasteiger partial charge in [-0.2, -0.15) is 0 Å². The number of rotatable bonds is 8. The van der Waals surface area contributed by atoms with Crippen molar-refractivity contribution >= 4 is 0 Å². The lowest BCUT2D eigenvalue weighted by atomic mass is 10.0. The van der Waals surface area contributed by atoms with Gasteiger partial charge in [-0.05, 0) is 36.5 Å². The van der Waals surface area contributed by atoms with E-state index in [1.54, 1.807) is 0 Å². The van der Waals surface area contributed by atoms with Crippen molar-refractivity contribution < 1.29 is 9.47 Å². The van der Waals surface area contributed by atoms with Gasteiger partial charge in [-0.25, -0.2) is 0 Å². The number of benzene rings is 1. The Morgan fingerprint density at radius 2 is 1.63 bits per heavy atom. The first kappa shape index (κ1) is 16.2. The molecule has 1 unspecified atom stereocenters. The minimum absolute atomic E-state index is 0.0654. The minimum atomic E-state index is -0.0654. The van der Waals surface area contributed by atoms with E-state index in [1.165, 1.54) is 11.1 Å². The highest BCUT2D eigenvalue weighted by Crippen LogP contribution is 2.15. The molecule has 1 atom stereocenters. The van der Waals surface area contributed by atoms with Gasteiger partial charge in [0.2, 0.25) is 0 Å². The van der Waals surface area contributed by atoms with Gasteiger partial charge in [0.15, 0.2) is 0 Å². The van der Waals surface area contributed by atoms with Gasteiger partial charge in [-0.1, -0.05) is 32.0 Å². The Morgan fingerprint density at radius 3 is 2.21 bits per heavy atom. The molecule has 0 fully saturated rings. The zero-order valence-corrected chi connectivity index (χ0v) is 12.6. The Balaban J connectivity index is 2.23. The van der Waals surface area contributed by atoms with Crippen molar-refractivity contribution in [2.24, 2.45) is 11.7 Å². The smallest absolute Gasteiger partial charge is 0.0701 e. The van der Waals surface area contributed by atoms with Gasteiger partial charge in [0.1, 0.15) is 0 Å². The fourth-order valence-corrected chi connectivity index (χ4v) is 1.74. The summed E-state index contributed by atoms with van der Waals surface area (Å²) in [6.45, 7) is 11.0. The fourth-order valence-electron chi connectivity index (χ4n) is 1.74. The summed E-state index contributed by atoms with van der Waals surface area (Å²) in [5.74, 6) is 0.567. The highest BCUT2D eigenvalue weighted by Gasteiger charge is 2.07. The monoisotopic (exact) mass is 265 g/mol. The molecule has 0 saturated carbocycles. The molecule has 0 aliphatic heterocycles. The van der Waals surface area contributed by atoms with Crippen molar-refractivity contribution in [1.82, 2.24) is 0 Å². The first-order chi connectivity index (χ1) is 9.00. The number of nitrogens with two attached hydrogens (primary N) is 1. The van der Waals surface area contributed by atoms with E-state index in [2.05, 4.69) is 45.9 Å². The van der Waals surface area contributed by atoms with Crippen molar-refractivity contribution in [2.75, 3.05) is 26.4 Å². The molecule has 0 bridgehead atoms. The summed E-state index contributed by atoms with van der Waals surface area (Å²) in [6.07, 6.45) is 0. The van der Waals surface area contributed by atoms with Crippen LogP contribution in [0.4, 0.5) is 0 Å². The molecule has 108 valence electrons. The number of hydrogen-bond acceptors (Lipinski definition) is 3. The maximum Gasteiger partial charge on any atom is 0.0701 e.